The van der Waals surface area contributed by atoms with E-state index in [0.717, 1.165) is 24.0 Å². The summed E-state index contributed by atoms with van der Waals surface area (Å²) in [6.07, 6.45) is -11.8. The van der Waals surface area contributed by atoms with Crippen LogP contribution in [0.25, 0.3) is 0 Å². The van der Waals surface area contributed by atoms with Crippen molar-refractivity contribution >= 4 is 12.4 Å². The van der Waals surface area contributed by atoms with Crippen LogP contribution in [0.1, 0.15) is 48.6 Å². The second-order valence-corrected chi connectivity index (χ2v) is 10.2. The molecule has 0 aromatic heterocycles. The number of halogens is 7. The molecule has 38 heavy (non-hydrogen) atoms. The van der Waals surface area contributed by atoms with Crippen LogP contribution in [0.4, 0.5) is 26.3 Å². The number of rotatable bonds is 8. The maximum absolute atomic E-state index is 14.0. The van der Waals surface area contributed by atoms with Gasteiger partial charge in [0, 0.05) is 26.2 Å². The van der Waals surface area contributed by atoms with Gasteiger partial charge in [-0.05, 0) is 61.7 Å². The minimum atomic E-state index is -4.91. The lowest BCUT2D eigenvalue weighted by molar-refractivity contribution is -0.290. The number of hydrogen-bond donors (Lipinski definition) is 0. The topological polar surface area (TPSA) is 15.7 Å². The first-order chi connectivity index (χ1) is 17.6. The Bertz CT molecular complexity index is 882. The molecule has 4 rings (SSSR count). The van der Waals surface area contributed by atoms with E-state index in [0.29, 0.717) is 39.0 Å². The molecule has 10 heteroatoms. The van der Waals surface area contributed by atoms with Gasteiger partial charge >= 0.3 is 12.4 Å². The third-order valence-electron chi connectivity index (χ3n) is 7.46. The SMILES string of the molecule is Cl.FC(F)(F)[C@@H](CN1CCC[C@@H](c2ccccc2)C1)O[C@H](CN1CCC[C@@H](c2ccccc2)C1)C(F)(F)F. The fourth-order valence-electron chi connectivity index (χ4n) is 5.55. The van der Waals surface area contributed by atoms with Gasteiger partial charge in [-0.25, -0.2) is 0 Å². The highest BCUT2D eigenvalue weighted by Gasteiger charge is 2.50. The number of hydrogen-bond acceptors (Lipinski definition) is 3. The van der Waals surface area contributed by atoms with Crippen LogP contribution in [0.3, 0.4) is 0 Å². The maximum Gasteiger partial charge on any atom is 0.415 e. The second-order valence-electron chi connectivity index (χ2n) is 10.2. The van der Waals surface area contributed by atoms with Crippen molar-refractivity contribution in [3.63, 3.8) is 0 Å². The van der Waals surface area contributed by atoms with Crippen molar-refractivity contribution in [1.29, 1.82) is 0 Å². The Kier molecular flexibility index (Phi) is 10.9. The molecule has 0 saturated carbocycles. The van der Waals surface area contributed by atoms with E-state index in [9.17, 15) is 26.3 Å². The van der Waals surface area contributed by atoms with Gasteiger partial charge in [-0.15, -0.1) is 12.4 Å². The number of ether oxygens (including phenoxy) is 1. The lowest BCUT2D eigenvalue weighted by Crippen LogP contribution is -2.52. The Morgan fingerprint density at radius 2 is 1.03 bits per heavy atom. The number of likely N-dealkylation sites (tertiary alicyclic amines) is 2. The molecule has 0 radical (unpaired) electrons. The van der Waals surface area contributed by atoms with E-state index in [1.807, 2.05) is 60.7 Å². The fraction of sp³-hybridized carbons (Fsp3) is 0.571. The summed E-state index contributed by atoms with van der Waals surface area (Å²) >= 11 is 0. The van der Waals surface area contributed by atoms with Gasteiger partial charge in [0.1, 0.15) is 0 Å². The summed E-state index contributed by atoms with van der Waals surface area (Å²) in [5, 5.41) is 0. The smallest absolute Gasteiger partial charge is 0.353 e. The summed E-state index contributed by atoms with van der Waals surface area (Å²) in [5.41, 5.74) is 2.06. The van der Waals surface area contributed by atoms with Gasteiger partial charge in [0.05, 0.1) is 0 Å². The first kappa shape index (κ1) is 30.7. The molecule has 0 unspecified atom stereocenters. The molecule has 2 aliphatic rings. The normalized spacial score (nSPS) is 23.4. The van der Waals surface area contributed by atoms with Gasteiger partial charge < -0.3 is 4.74 Å². The molecule has 0 amide bonds. The van der Waals surface area contributed by atoms with Gasteiger partial charge in [0.15, 0.2) is 12.2 Å². The minimum absolute atomic E-state index is 0. The second kappa shape index (κ2) is 13.5. The Balaban J connectivity index is 0.00000400. The molecular weight excluding hydrogens is 530 g/mol. The molecule has 2 aliphatic heterocycles. The van der Waals surface area contributed by atoms with E-state index in [1.165, 1.54) is 0 Å². The highest BCUT2D eigenvalue weighted by molar-refractivity contribution is 5.85. The van der Waals surface area contributed by atoms with E-state index >= 15 is 0 Å². The molecule has 0 aliphatic carbocycles. The van der Waals surface area contributed by atoms with Crippen molar-refractivity contribution < 1.29 is 31.1 Å². The maximum atomic E-state index is 14.0. The number of benzene rings is 2. The summed E-state index contributed by atoms with van der Waals surface area (Å²) in [7, 11) is 0. The fourth-order valence-corrected chi connectivity index (χ4v) is 5.55. The molecule has 4 atom stereocenters. The molecule has 2 aromatic rings. The molecule has 0 spiro atoms. The van der Waals surface area contributed by atoms with Crippen molar-refractivity contribution in [2.75, 3.05) is 39.3 Å². The number of alkyl halides is 6. The zero-order chi connectivity index (χ0) is 26.5. The summed E-state index contributed by atoms with van der Waals surface area (Å²) in [5.74, 6) is 0.0935. The van der Waals surface area contributed by atoms with Crippen LogP contribution < -0.4 is 0 Å². The Morgan fingerprint density at radius 1 is 0.658 bits per heavy atom. The molecule has 3 nitrogen and oxygen atoms in total. The van der Waals surface area contributed by atoms with E-state index in [1.54, 1.807) is 9.80 Å². The monoisotopic (exact) mass is 564 g/mol. The van der Waals surface area contributed by atoms with Crippen molar-refractivity contribution in [1.82, 2.24) is 9.80 Å². The summed E-state index contributed by atoms with van der Waals surface area (Å²) < 4.78 is 88.8. The summed E-state index contributed by atoms with van der Waals surface area (Å²) in [6, 6.07) is 19.0. The zero-order valence-electron chi connectivity index (χ0n) is 21.1. The predicted octanol–water partition coefficient (Wildman–Crippen LogP) is 7.05. The third-order valence-corrected chi connectivity index (χ3v) is 7.46. The molecule has 2 saturated heterocycles. The Morgan fingerprint density at radius 3 is 1.37 bits per heavy atom. The largest absolute Gasteiger partial charge is 0.415 e. The number of piperidine rings is 2. The lowest BCUT2D eigenvalue weighted by atomic mass is 9.90. The molecule has 2 fully saturated rings. The first-order valence-electron chi connectivity index (χ1n) is 12.9. The van der Waals surface area contributed by atoms with Gasteiger partial charge in [-0.2, -0.15) is 26.3 Å². The summed E-state index contributed by atoms with van der Waals surface area (Å²) in [6.45, 7) is 0.322. The van der Waals surface area contributed by atoms with Crippen molar-refractivity contribution in [3.05, 3.63) is 71.8 Å². The van der Waals surface area contributed by atoms with E-state index in [2.05, 4.69) is 0 Å². The third kappa shape index (κ3) is 8.60. The molecule has 212 valence electrons. The average molecular weight is 565 g/mol. The Labute approximate surface area is 226 Å². The predicted molar refractivity (Wildman–Crippen MR) is 138 cm³/mol. The molecule has 0 N–H and O–H groups in total. The van der Waals surface area contributed by atoms with E-state index < -0.39 is 37.7 Å². The van der Waals surface area contributed by atoms with Crippen molar-refractivity contribution in [2.24, 2.45) is 0 Å². The highest BCUT2D eigenvalue weighted by Crippen LogP contribution is 2.34. The molecule has 0 bridgehead atoms. The highest BCUT2D eigenvalue weighted by atomic mass is 35.5. The van der Waals surface area contributed by atoms with Crippen molar-refractivity contribution in [3.8, 4) is 0 Å². The van der Waals surface area contributed by atoms with Gasteiger partial charge in [0.25, 0.3) is 0 Å². The first-order valence-corrected chi connectivity index (χ1v) is 12.9. The average Bonchev–Trinajstić information content (AvgIpc) is 2.88. The molecule has 2 aromatic carbocycles. The zero-order valence-corrected chi connectivity index (χ0v) is 21.9. The number of nitrogens with zero attached hydrogens (tertiary/aromatic N) is 2. The lowest BCUT2D eigenvalue weighted by Gasteiger charge is -2.39. The molecule has 2 heterocycles. The van der Waals surface area contributed by atoms with Crippen LogP contribution in [-0.4, -0.2) is 73.6 Å². The van der Waals surface area contributed by atoms with Crippen LogP contribution in [-0.2, 0) is 4.74 Å². The standard InChI is InChI=1S/C28H34F6N2O.ClH/c29-27(30,31)25(19-35-15-7-13-23(17-35)21-9-3-1-4-10-21)37-26(28(32,33)34)20-36-16-8-14-24(18-36)22-11-5-2-6-12-22;/h1-6,9-12,23-26H,7-8,13-20H2;1H/t23-,24-,25-,26-;/m1./s1. The Hall–Kier alpha value is -1.81. The van der Waals surface area contributed by atoms with Crippen LogP contribution in [0.15, 0.2) is 60.7 Å². The van der Waals surface area contributed by atoms with E-state index in [-0.39, 0.29) is 24.2 Å². The van der Waals surface area contributed by atoms with Crippen LogP contribution in [0.2, 0.25) is 0 Å². The van der Waals surface area contributed by atoms with Gasteiger partial charge in [-0.1, -0.05) is 60.7 Å². The van der Waals surface area contributed by atoms with Gasteiger partial charge in [0.2, 0.25) is 0 Å². The van der Waals surface area contributed by atoms with E-state index in [4.69, 9.17) is 4.74 Å². The van der Waals surface area contributed by atoms with Crippen LogP contribution in [0, 0.1) is 0 Å². The molecular formula is C28H35ClF6N2O. The van der Waals surface area contributed by atoms with Crippen LogP contribution in [0.5, 0.6) is 0 Å². The summed E-state index contributed by atoms with van der Waals surface area (Å²) in [4.78, 5) is 3.19. The van der Waals surface area contributed by atoms with Gasteiger partial charge in [-0.3, -0.25) is 9.80 Å². The quantitative estimate of drug-likeness (QED) is 0.320. The van der Waals surface area contributed by atoms with Crippen molar-refractivity contribution in [2.45, 2.75) is 62.1 Å². The van der Waals surface area contributed by atoms with Crippen LogP contribution >= 0.6 is 12.4 Å². The minimum Gasteiger partial charge on any atom is -0.353 e.